The molecule has 17 heavy (non-hydrogen) atoms. The van der Waals surface area contributed by atoms with E-state index in [4.69, 9.17) is 5.26 Å². The molecule has 0 bridgehead atoms. The van der Waals surface area contributed by atoms with Crippen LogP contribution in [0.15, 0.2) is 16.3 Å². The highest BCUT2D eigenvalue weighted by Crippen LogP contribution is 2.20. The van der Waals surface area contributed by atoms with Crippen LogP contribution >= 0.6 is 11.3 Å². The summed E-state index contributed by atoms with van der Waals surface area (Å²) < 4.78 is 26.6. The van der Waals surface area contributed by atoms with Gasteiger partial charge in [0.1, 0.15) is 15.2 Å². The van der Waals surface area contributed by atoms with Crippen LogP contribution < -0.4 is 4.72 Å². The van der Waals surface area contributed by atoms with E-state index in [1.807, 2.05) is 19.9 Å². The lowest BCUT2D eigenvalue weighted by Crippen LogP contribution is -2.28. The molecule has 0 atom stereocenters. The van der Waals surface area contributed by atoms with E-state index in [2.05, 4.69) is 4.72 Å². The van der Waals surface area contributed by atoms with Gasteiger partial charge in [-0.2, -0.15) is 5.26 Å². The van der Waals surface area contributed by atoms with E-state index in [1.165, 1.54) is 12.1 Å². The lowest BCUT2D eigenvalue weighted by molar-refractivity contribution is 0.479. The molecule has 1 aromatic heterocycles. The Morgan fingerprint density at radius 1 is 1.41 bits per heavy atom. The van der Waals surface area contributed by atoms with Gasteiger partial charge in [-0.15, -0.1) is 11.3 Å². The molecule has 0 unspecified atom stereocenters. The minimum atomic E-state index is -3.45. The third-order valence-electron chi connectivity index (χ3n) is 2.67. The zero-order valence-corrected chi connectivity index (χ0v) is 11.6. The van der Waals surface area contributed by atoms with E-state index in [1.54, 1.807) is 0 Å². The molecule has 0 radical (unpaired) electrons. The molecule has 0 aliphatic heterocycles. The average molecular weight is 272 g/mol. The van der Waals surface area contributed by atoms with Gasteiger partial charge in [-0.3, -0.25) is 0 Å². The van der Waals surface area contributed by atoms with E-state index in [0.717, 1.165) is 24.2 Å². The zero-order valence-electron chi connectivity index (χ0n) is 9.93. The van der Waals surface area contributed by atoms with Crippen LogP contribution in [0.3, 0.4) is 0 Å². The van der Waals surface area contributed by atoms with Crippen LogP contribution in [0.4, 0.5) is 0 Å². The Bertz CT molecular complexity index is 496. The molecular formula is C11H16N2O2S2. The number of rotatable bonds is 6. The molecule has 4 nitrogen and oxygen atoms in total. The van der Waals surface area contributed by atoms with Crippen LogP contribution in [0.5, 0.6) is 0 Å². The Kier molecular flexibility index (Phi) is 5.12. The van der Waals surface area contributed by atoms with Crippen LogP contribution in [0.2, 0.25) is 0 Å². The van der Waals surface area contributed by atoms with Crippen LogP contribution in [-0.2, 0) is 10.0 Å². The molecule has 0 aliphatic rings. The normalized spacial score (nSPS) is 11.6. The molecule has 0 amide bonds. The molecule has 0 saturated heterocycles. The third-order valence-corrected chi connectivity index (χ3v) is 5.58. The van der Waals surface area contributed by atoms with Crippen LogP contribution in [0, 0.1) is 17.2 Å². The summed E-state index contributed by atoms with van der Waals surface area (Å²) in [7, 11) is -3.45. The minimum absolute atomic E-state index is 0.208. The standard InChI is InChI=1S/C11H16N2O2S2/c1-3-9(4-2)8-13-17(14,15)11-6-5-10(7-12)16-11/h5-6,9,13H,3-4,8H2,1-2H3. The van der Waals surface area contributed by atoms with Gasteiger partial charge in [0.15, 0.2) is 0 Å². The summed E-state index contributed by atoms with van der Waals surface area (Å²) in [5.41, 5.74) is 0. The van der Waals surface area contributed by atoms with E-state index in [9.17, 15) is 8.42 Å². The molecule has 6 heteroatoms. The molecule has 1 aromatic rings. The van der Waals surface area contributed by atoms with Crippen molar-refractivity contribution in [3.63, 3.8) is 0 Å². The van der Waals surface area contributed by atoms with E-state index in [0.29, 0.717) is 17.3 Å². The predicted octanol–water partition coefficient (Wildman–Crippen LogP) is 2.33. The van der Waals surface area contributed by atoms with Crippen LogP contribution in [0.25, 0.3) is 0 Å². The Balaban J connectivity index is 2.72. The summed E-state index contributed by atoms with van der Waals surface area (Å²) in [5, 5.41) is 8.66. The second-order valence-electron chi connectivity index (χ2n) is 3.76. The Morgan fingerprint density at radius 3 is 2.53 bits per heavy atom. The maximum Gasteiger partial charge on any atom is 0.250 e. The second kappa shape index (κ2) is 6.15. The summed E-state index contributed by atoms with van der Waals surface area (Å²) in [6, 6.07) is 4.93. The van der Waals surface area contributed by atoms with Gasteiger partial charge >= 0.3 is 0 Å². The maximum atomic E-state index is 11.9. The van der Waals surface area contributed by atoms with Crippen molar-refractivity contribution in [2.45, 2.75) is 30.9 Å². The van der Waals surface area contributed by atoms with Crippen molar-refractivity contribution in [2.24, 2.45) is 5.92 Å². The lowest BCUT2D eigenvalue weighted by atomic mass is 10.0. The van der Waals surface area contributed by atoms with Gasteiger partial charge in [-0.05, 0) is 18.1 Å². The largest absolute Gasteiger partial charge is 0.250 e. The molecular weight excluding hydrogens is 256 g/mol. The smallest absolute Gasteiger partial charge is 0.210 e. The average Bonchev–Trinajstić information content (AvgIpc) is 2.79. The van der Waals surface area contributed by atoms with Gasteiger partial charge in [0.25, 0.3) is 0 Å². The third kappa shape index (κ3) is 3.80. The summed E-state index contributed by atoms with van der Waals surface area (Å²) in [5.74, 6) is 0.361. The van der Waals surface area contributed by atoms with Crippen molar-refractivity contribution < 1.29 is 8.42 Å². The number of hydrogen-bond acceptors (Lipinski definition) is 4. The van der Waals surface area contributed by atoms with E-state index in [-0.39, 0.29) is 4.21 Å². The Labute approximate surface area is 106 Å². The molecule has 0 spiro atoms. The molecule has 0 fully saturated rings. The quantitative estimate of drug-likeness (QED) is 0.864. The van der Waals surface area contributed by atoms with Gasteiger partial charge in [-0.1, -0.05) is 26.7 Å². The second-order valence-corrected chi connectivity index (χ2v) is 6.84. The number of nitriles is 1. The monoisotopic (exact) mass is 272 g/mol. The summed E-state index contributed by atoms with van der Waals surface area (Å²) in [6.07, 6.45) is 1.90. The highest BCUT2D eigenvalue weighted by molar-refractivity contribution is 7.91. The summed E-state index contributed by atoms with van der Waals surface area (Å²) >= 11 is 0.995. The van der Waals surface area contributed by atoms with Gasteiger partial charge < -0.3 is 0 Å². The van der Waals surface area contributed by atoms with Crippen molar-refractivity contribution in [1.29, 1.82) is 5.26 Å². The van der Waals surface area contributed by atoms with Gasteiger partial charge in [0.05, 0.1) is 0 Å². The number of nitrogens with one attached hydrogen (secondary N) is 1. The first kappa shape index (κ1) is 14.2. The molecule has 0 aliphatic carbocycles. The van der Waals surface area contributed by atoms with Crippen molar-refractivity contribution in [2.75, 3.05) is 6.54 Å². The summed E-state index contributed by atoms with van der Waals surface area (Å²) in [4.78, 5) is 0.410. The van der Waals surface area contributed by atoms with Gasteiger partial charge in [-0.25, -0.2) is 13.1 Å². The molecule has 0 aromatic carbocycles. The molecule has 94 valence electrons. The highest BCUT2D eigenvalue weighted by atomic mass is 32.2. The van der Waals surface area contributed by atoms with Crippen molar-refractivity contribution in [3.05, 3.63) is 17.0 Å². The summed E-state index contributed by atoms with van der Waals surface area (Å²) in [6.45, 7) is 4.54. The SMILES string of the molecule is CCC(CC)CNS(=O)(=O)c1ccc(C#N)s1. The van der Waals surface area contributed by atoms with Crippen molar-refractivity contribution in [1.82, 2.24) is 4.72 Å². The van der Waals surface area contributed by atoms with Gasteiger partial charge in [0, 0.05) is 6.54 Å². The van der Waals surface area contributed by atoms with Crippen molar-refractivity contribution in [3.8, 4) is 6.07 Å². The number of hydrogen-bond donors (Lipinski definition) is 1. The Hall–Kier alpha value is -0.900. The maximum absolute atomic E-state index is 11.9. The number of nitrogens with zero attached hydrogens (tertiary/aromatic N) is 1. The first-order chi connectivity index (χ1) is 8.03. The predicted molar refractivity (Wildman–Crippen MR) is 68.3 cm³/mol. The van der Waals surface area contributed by atoms with E-state index < -0.39 is 10.0 Å². The fourth-order valence-electron chi connectivity index (χ4n) is 1.40. The van der Waals surface area contributed by atoms with Gasteiger partial charge in [0.2, 0.25) is 10.0 Å². The number of sulfonamides is 1. The highest BCUT2D eigenvalue weighted by Gasteiger charge is 2.17. The fourth-order valence-corrected chi connectivity index (χ4v) is 3.66. The molecule has 0 saturated carbocycles. The topological polar surface area (TPSA) is 70.0 Å². The lowest BCUT2D eigenvalue weighted by Gasteiger charge is -2.12. The fraction of sp³-hybridized carbons (Fsp3) is 0.545. The number of thiophene rings is 1. The Morgan fingerprint density at radius 2 is 2.06 bits per heavy atom. The molecule has 1 N–H and O–H groups in total. The van der Waals surface area contributed by atoms with E-state index >= 15 is 0 Å². The first-order valence-corrected chi connectivity index (χ1v) is 7.83. The molecule has 1 rings (SSSR count). The first-order valence-electron chi connectivity index (χ1n) is 5.53. The minimum Gasteiger partial charge on any atom is -0.210 e. The van der Waals surface area contributed by atoms with Crippen LogP contribution in [-0.4, -0.2) is 15.0 Å². The van der Waals surface area contributed by atoms with Crippen molar-refractivity contribution >= 4 is 21.4 Å². The zero-order chi connectivity index (χ0) is 12.9. The molecule has 1 heterocycles. The van der Waals surface area contributed by atoms with Crippen LogP contribution in [0.1, 0.15) is 31.6 Å².